The number of ketones is 1. The van der Waals surface area contributed by atoms with E-state index in [1.165, 1.54) is 30.2 Å². The Bertz CT molecular complexity index is 1860. The molecule has 10 atom stereocenters. The Kier molecular flexibility index (Phi) is 9.04. The monoisotopic (exact) mass is 720 g/mol. The lowest BCUT2D eigenvalue weighted by Gasteiger charge is -2.61. The number of aromatic hydroxyl groups is 1. The van der Waals surface area contributed by atoms with Crippen LogP contribution in [-0.4, -0.2) is 106 Å². The highest BCUT2D eigenvalue weighted by Gasteiger charge is 2.65. The maximum Gasteiger partial charge on any atom is 0.335 e. The van der Waals surface area contributed by atoms with Gasteiger partial charge in [-0.05, 0) is 116 Å². The summed E-state index contributed by atoms with van der Waals surface area (Å²) in [5.74, 6) is -1.35. The third-order valence-electron chi connectivity index (χ3n) is 13.2. The van der Waals surface area contributed by atoms with E-state index >= 15 is 0 Å². The number of aromatic carboxylic acids is 1. The van der Waals surface area contributed by atoms with Crippen LogP contribution in [0.5, 0.6) is 11.5 Å². The molecule has 6 aliphatic rings. The number of hydrogen-bond donors (Lipinski definition) is 6. The lowest BCUT2D eigenvalue weighted by molar-refractivity contribution is -0.326. The second-order valence-electron chi connectivity index (χ2n) is 15.9. The number of fused-ring (bicyclic) bond motifs is 3. The van der Waals surface area contributed by atoms with Gasteiger partial charge in [-0.2, -0.15) is 0 Å². The minimum atomic E-state index is -1.71. The second kappa shape index (κ2) is 13.2. The number of ether oxygens (including phenoxy) is 4. The molecule has 3 heterocycles. The summed E-state index contributed by atoms with van der Waals surface area (Å²) in [4.78, 5) is 24.6. The largest absolute Gasteiger partial charge is 0.506 e. The van der Waals surface area contributed by atoms with Gasteiger partial charge in [0, 0.05) is 18.6 Å². The average molecular weight is 721 g/mol. The van der Waals surface area contributed by atoms with Gasteiger partial charge in [0.15, 0.2) is 5.78 Å². The van der Waals surface area contributed by atoms with Crippen LogP contribution in [0.1, 0.15) is 78.1 Å². The molecule has 0 bridgehead atoms. The van der Waals surface area contributed by atoms with Crippen molar-refractivity contribution in [2.75, 3.05) is 33.0 Å². The van der Waals surface area contributed by atoms with E-state index in [0.717, 1.165) is 31.3 Å². The molecule has 2 saturated heterocycles. The van der Waals surface area contributed by atoms with Crippen molar-refractivity contribution in [3.63, 3.8) is 0 Å². The summed E-state index contributed by atoms with van der Waals surface area (Å²) in [5, 5.41) is 66.3. The van der Waals surface area contributed by atoms with Gasteiger partial charge in [0.25, 0.3) is 0 Å². The fraction of sp³-hybridized carbons (Fsp3) is 0.600. The van der Waals surface area contributed by atoms with Gasteiger partial charge >= 0.3 is 5.97 Å². The van der Waals surface area contributed by atoms with Crippen molar-refractivity contribution >= 4 is 22.5 Å². The normalized spacial score (nSPS) is 36.6. The molecule has 2 saturated carbocycles. The standard InChI is InChI=1S/C40H48O12/c1-19-11-23-12-24(37(47)48)13-28(32(23)34(44)30(19)20(2)43)51-38-35(45)36(46)40(29(15-42)52-38)14-26-25-6-3-5-22-16-49-18-39(33(22)25,9-4-10-41)27-8-7-21(17-50-40)31(26)27/h8,11-13,22,25-26,29,33,35-36,38,41-42,44-46H,3-7,9-10,14-18H2,1-2H3,(H,47,48). The van der Waals surface area contributed by atoms with Crippen LogP contribution >= 0.6 is 0 Å². The number of phenolic OH excluding ortho intramolecular Hbond substituents is 1. The highest BCUT2D eigenvalue weighted by Crippen LogP contribution is 2.67. The molecule has 2 aromatic carbocycles. The van der Waals surface area contributed by atoms with Crippen LogP contribution in [-0.2, 0) is 14.2 Å². The zero-order valence-electron chi connectivity index (χ0n) is 29.5. The van der Waals surface area contributed by atoms with E-state index in [1.807, 2.05) is 0 Å². The Labute approximate surface area is 301 Å². The van der Waals surface area contributed by atoms with Gasteiger partial charge < -0.3 is 49.6 Å². The predicted molar refractivity (Wildman–Crippen MR) is 186 cm³/mol. The summed E-state index contributed by atoms with van der Waals surface area (Å²) in [6.45, 7) is 3.95. The van der Waals surface area contributed by atoms with Crippen molar-refractivity contribution in [2.24, 2.45) is 29.1 Å². The van der Waals surface area contributed by atoms with Crippen LogP contribution < -0.4 is 4.74 Å². The molecule has 3 aliphatic carbocycles. The van der Waals surface area contributed by atoms with Crippen molar-refractivity contribution in [3.8, 4) is 11.5 Å². The Balaban J connectivity index is 1.16. The summed E-state index contributed by atoms with van der Waals surface area (Å²) in [6.07, 6.45) is 1.87. The van der Waals surface area contributed by atoms with Gasteiger partial charge in [-0.1, -0.05) is 18.6 Å². The SMILES string of the molecule is CC(=O)c1c(C)cc2cc(C(=O)O)cc(OC3OC(CO)C4(CC5C6=C(CC=C6C6(CCCO)COCC7CCCC5C76)CO4)C(O)C3O)c2c1O. The van der Waals surface area contributed by atoms with Gasteiger partial charge in [-0.25, -0.2) is 4.79 Å². The fourth-order valence-electron chi connectivity index (χ4n) is 11.3. The summed E-state index contributed by atoms with van der Waals surface area (Å²) in [5.41, 5.74) is 2.23. The van der Waals surface area contributed by atoms with Crippen molar-refractivity contribution in [2.45, 2.75) is 89.0 Å². The molecule has 12 nitrogen and oxygen atoms in total. The maximum atomic E-state index is 12.5. The highest BCUT2D eigenvalue weighted by molar-refractivity contribution is 6.08. The number of rotatable bonds is 8. The smallest absolute Gasteiger partial charge is 0.335 e. The van der Waals surface area contributed by atoms with Crippen molar-refractivity contribution in [1.29, 1.82) is 0 Å². The molecule has 280 valence electrons. The summed E-state index contributed by atoms with van der Waals surface area (Å²) in [6, 6.07) is 4.10. The molecule has 0 aromatic heterocycles. The van der Waals surface area contributed by atoms with E-state index < -0.39 is 54.3 Å². The lowest BCUT2D eigenvalue weighted by atomic mass is 9.46. The van der Waals surface area contributed by atoms with Crippen LogP contribution in [0.25, 0.3) is 10.8 Å². The first-order valence-corrected chi connectivity index (χ1v) is 18.5. The first-order valence-electron chi connectivity index (χ1n) is 18.5. The van der Waals surface area contributed by atoms with Crippen LogP contribution in [0.4, 0.5) is 0 Å². The number of hydrogen-bond acceptors (Lipinski definition) is 11. The molecule has 0 radical (unpaired) electrons. The molecule has 1 spiro atoms. The van der Waals surface area contributed by atoms with E-state index in [9.17, 15) is 40.2 Å². The van der Waals surface area contributed by atoms with Gasteiger partial charge in [0.05, 0.1) is 36.3 Å². The van der Waals surface area contributed by atoms with Crippen molar-refractivity contribution in [1.82, 2.24) is 0 Å². The molecule has 12 heteroatoms. The highest BCUT2D eigenvalue weighted by atomic mass is 16.7. The number of carbonyl (C=O) groups excluding carboxylic acids is 1. The molecule has 3 aliphatic heterocycles. The molecule has 4 fully saturated rings. The average Bonchev–Trinajstić information content (AvgIpc) is 3.48. The first-order chi connectivity index (χ1) is 25.0. The molecule has 52 heavy (non-hydrogen) atoms. The topological polar surface area (TPSA) is 192 Å². The van der Waals surface area contributed by atoms with Crippen LogP contribution in [0.15, 0.2) is 41.0 Å². The van der Waals surface area contributed by atoms with Crippen molar-refractivity contribution < 1.29 is 59.2 Å². The lowest BCUT2D eigenvalue weighted by Crippen LogP contribution is -2.69. The Hall–Kier alpha value is -3.36. The number of benzene rings is 2. The molecule has 10 unspecified atom stereocenters. The molecule has 8 rings (SSSR count). The first kappa shape index (κ1) is 35.7. The number of carboxylic acids is 1. The van der Waals surface area contributed by atoms with E-state index in [2.05, 4.69) is 6.08 Å². The maximum absolute atomic E-state index is 12.5. The molecule has 0 amide bonds. The van der Waals surface area contributed by atoms with Gasteiger partial charge in [0.1, 0.15) is 35.4 Å². The Morgan fingerprint density at radius 3 is 2.65 bits per heavy atom. The van der Waals surface area contributed by atoms with Gasteiger partial charge in [-0.15, -0.1) is 0 Å². The second-order valence-corrected chi connectivity index (χ2v) is 15.9. The number of aliphatic hydroxyl groups is 4. The third kappa shape index (κ3) is 5.20. The Morgan fingerprint density at radius 1 is 1.12 bits per heavy atom. The van der Waals surface area contributed by atoms with Crippen LogP contribution in [0.2, 0.25) is 0 Å². The summed E-state index contributed by atoms with van der Waals surface area (Å²) in [7, 11) is 0. The predicted octanol–water partition coefficient (Wildman–Crippen LogP) is 3.81. The number of aliphatic hydroxyl groups excluding tert-OH is 4. The molecular formula is C40H48O12. The van der Waals surface area contributed by atoms with Crippen LogP contribution in [0.3, 0.4) is 0 Å². The number of carbonyl (C=O) groups is 2. The minimum Gasteiger partial charge on any atom is -0.506 e. The fourth-order valence-corrected chi connectivity index (χ4v) is 11.3. The van der Waals surface area contributed by atoms with Gasteiger partial charge in [0.2, 0.25) is 6.29 Å². The van der Waals surface area contributed by atoms with Crippen molar-refractivity contribution in [3.05, 3.63) is 57.7 Å². The number of allylic oxidation sites excluding steroid dienone is 2. The molecule has 6 N–H and O–H groups in total. The number of phenols is 1. The van der Waals surface area contributed by atoms with E-state index in [-0.39, 0.29) is 52.7 Å². The van der Waals surface area contributed by atoms with Crippen LogP contribution in [0, 0.1) is 36.0 Å². The summed E-state index contributed by atoms with van der Waals surface area (Å²) >= 11 is 0. The van der Waals surface area contributed by atoms with E-state index in [1.54, 1.807) is 13.0 Å². The number of carboxylic acid groups (broad SMARTS) is 1. The zero-order valence-corrected chi connectivity index (χ0v) is 29.5. The molecule has 2 aromatic rings. The Morgan fingerprint density at radius 2 is 1.92 bits per heavy atom. The van der Waals surface area contributed by atoms with Gasteiger partial charge in [-0.3, -0.25) is 4.79 Å². The zero-order chi connectivity index (χ0) is 36.7. The number of Topliss-reactive ketones (excluding diaryl/α,β-unsaturated/α-hetero) is 1. The van der Waals surface area contributed by atoms with E-state index in [0.29, 0.717) is 55.3 Å². The number of aryl methyl sites for hydroxylation is 1. The molecular weight excluding hydrogens is 672 g/mol. The third-order valence-corrected chi connectivity index (χ3v) is 13.2. The quantitative estimate of drug-likeness (QED) is 0.217. The minimum absolute atomic E-state index is 0.0299. The van der Waals surface area contributed by atoms with E-state index in [4.69, 9.17) is 18.9 Å². The summed E-state index contributed by atoms with van der Waals surface area (Å²) < 4.78 is 25.5.